The maximum atomic E-state index is 14.2. The zero-order valence-corrected chi connectivity index (χ0v) is 9.98. The minimum Gasteiger partial charge on any atom is -0.324 e. The van der Waals surface area contributed by atoms with Gasteiger partial charge in [-0.3, -0.25) is 4.98 Å². The van der Waals surface area contributed by atoms with Crippen LogP contribution in [0.15, 0.2) is 48.8 Å². The number of rotatable bonds is 3. The van der Waals surface area contributed by atoms with Crippen LogP contribution in [-0.2, 0) is 5.92 Å². The van der Waals surface area contributed by atoms with Gasteiger partial charge in [-0.05, 0) is 24.6 Å². The number of nitrogens with zero attached hydrogens (tertiary/aromatic N) is 1. The molecule has 0 saturated heterocycles. The van der Waals surface area contributed by atoms with Crippen molar-refractivity contribution in [1.82, 2.24) is 4.98 Å². The molecule has 0 radical (unpaired) electrons. The minimum atomic E-state index is -3.01. The van der Waals surface area contributed by atoms with Crippen LogP contribution in [0.4, 0.5) is 8.78 Å². The Morgan fingerprint density at radius 2 is 1.50 bits per heavy atom. The van der Waals surface area contributed by atoms with E-state index in [1.165, 1.54) is 36.7 Å². The van der Waals surface area contributed by atoms with Crippen LogP contribution >= 0.6 is 0 Å². The van der Waals surface area contributed by atoms with Gasteiger partial charge >= 0.3 is 0 Å². The van der Waals surface area contributed by atoms with Gasteiger partial charge in [0, 0.05) is 29.6 Å². The van der Waals surface area contributed by atoms with Gasteiger partial charge in [-0.2, -0.15) is 8.78 Å². The number of hydrogen-bond donors (Lipinski definition) is 1. The van der Waals surface area contributed by atoms with E-state index in [0.717, 1.165) is 5.56 Å². The summed E-state index contributed by atoms with van der Waals surface area (Å²) in [4.78, 5) is 3.74. The molecule has 94 valence electrons. The largest absolute Gasteiger partial charge is 0.324 e. The predicted molar refractivity (Wildman–Crippen MR) is 66.3 cm³/mol. The fourth-order valence-electron chi connectivity index (χ4n) is 1.72. The van der Waals surface area contributed by atoms with Crippen LogP contribution in [0.3, 0.4) is 0 Å². The summed E-state index contributed by atoms with van der Waals surface area (Å²) in [5.74, 6) is -3.01. The Kier molecular flexibility index (Phi) is 3.39. The average Bonchev–Trinajstić information content (AvgIpc) is 2.40. The van der Waals surface area contributed by atoms with Crippen molar-refractivity contribution in [2.75, 3.05) is 0 Å². The predicted octanol–water partition coefficient (Wildman–Crippen LogP) is 3.24. The topological polar surface area (TPSA) is 38.9 Å². The smallest absolute Gasteiger partial charge is 0.298 e. The van der Waals surface area contributed by atoms with Crippen LogP contribution in [0.25, 0.3) is 0 Å². The van der Waals surface area contributed by atoms with E-state index in [1.54, 1.807) is 12.1 Å². The third-order valence-corrected chi connectivity index (χ3v) is 2.84. The van der Waals surface area contributed by atoms with Crippen molar-refractivity contribution in [3.05, 3.63) is 65.5 Å². The summed E-state index contributed by atoms with van der Waals surface area (Å²) < 4.78 is 28.3. The van der Waals surface area contributed by atoms with E-state index in [1.807, 2.05) is 6.92 Å². The maximum Gasteiger partial charge on any atom is 0.298 e. The molecule has 1 heterocycles. The van der Waals surface area contributed by atoms with Crippen LogP contribution in [0.5, 0.6) is 0 Å². The summed E-state index contributed by atoms with van der Waals surface area (Å²) in [6, 6.07) is 8.58. The average molecular weight is 248 g/mol. The number of aromatic nitrogens is 1. The SMILES string of the molecule is CC(N)c1ccc(C(F)(F)c2ccncc2)cc1. The number of hydrogen-bond acceptors (Lipinski definition) is 2. The molecule has 0 aliphatic heterocycles. The second-order valence-electron chi connectivity index (χ2n) is 4.22. The van der Waals surface area contributed by atoms with Crippen molar-refractivity contribution < 1.29 is 8.78 Å². The highest BCUT2D eigenvalue weighted by Crippen LogP contribution is 2.35. The lowest BCUT2D eigenvalue weighted by Crippen LogP contribution is -2.15. The lowest BCUT2D eigenvalue weighted by molar-refractivity contribution is 0.0427. The molecule has 2 rings (SSSR count). The highest BCUT2D eigenvalue weighted by atomic mass is 19.3. The van der Waals surface area contributed by atoms with Crippen LogP contribution in [0.1, 0.15) is 29.7 Å². The second kappa shape index (κ2) is 4.82. The molecule has 2 aromatic rings. The standard InChI is InChI=1S/C14H14F2N2/c1-10(17)11-2-4-12(5-3-11)14(15,16)13-6-8-18-9-7-13/h2-10H,17H2,1H3. The molecule has 0 aliphatic carbocycles. The normalized spacial score (nSPS) is 13.3. The molecular formula is C14H14F2N2. The molecular weight excluding hydrogens is 234 g/mol. The van der Waals surface area contributed by atoms with Gasteiger partial charge in [0.1, 0.15) is 0 Å². The molecule has 0 amide bonds. The molecule has 18 heavy (non-hydrogen) atoms. The summed E-state index contributed by atoms with van der Waals surface area (Å²) in [7, 11) is 0. The van der Waals surface area contributed by atoms with E-state index < -0.39 is 5.92 Å². The number of pyridine rings is 1. The Morgan fingerprint density at radius 1 is 1.00 bits per heavy atom. The van der Waals surface area contributed by atoms with Crippen molar-refractivity contribution in [3.8, 4) is 0 Å². The summed E-state index contributed by atoms with van der Waals surface area (Å²) in [5, 5.41) is 0. The number of nitrogens with two attached hydrogens (primary N) is 1. The molecule has 0 bridgehead atoms. The number of halogens is 2. The summed E-state index contributed by atoms with van der Waals surface area (Å²) in [6.45, 7) is 1.82. The van der Waals surface area contributed by atoms with Gasteiger partial charge < -0.3 is 5.73 Å². The molecule has 1 atom stereocenters. The Morgan fingerprint density at radius 3 is 2.00 bits per heavy atom. The van der Waals surface area contributed by atoms with Gasteiger partial charge in [0.2, 0.25) is 0 Å². The third-order valence-electron chi connectivity index (χ3n) is 2.84. The number of alkyl halides is 2. The van der Waals surface area contributed by atoms with E-state index in [4.69, 9.17) is 5.73 Å². The molecule has 2 nitrogen and oxygen atoms in total. The van der Waals surface area contributed by atoms with E-state index >= 15 is 0 Å². The maximum absolute atomic E-state index is 14.2. The fourth-order valence-corrected chi connectivity index (χ4v) is 1.72. The fraction of sp³-hybridized carbons (Fsp3) is 0.214. The van der Waals surface area contributed by atoms with Gasteiger partial charge in [-0.15, -0.1) is 0 Å². The lowest BCUT2D eigenvalue weighted by Gasteiger charge is -2.17. The Labute approximate surface area is 104 Å². The molecule has 1 unspecified atom stereocenters. The van der Waals surface area contributed by atoms with Crippen molar-refractivity contribution in [3.63, 3.8) is 0 Å². The molecule has 0 spiro atoms. The summed E-state index contributed by atoms with van der Waals surface area (Å²) in [6.07, 6.45) is 2.72. The van der Waals surface area contributed by atoms with Crippen LogP contribution in [0, 0.1) is 0 Å². The monoisotopic (exact) mass is 248 g/mol. The van der Waals surface area contributed by atoms with Crippen molar-refractivity contribution in [2.45, 2.75) is 18.9 Å². The third kappa shape index (κ3) is 2.38. The number of benzene rings is 1. The Balaban J connectivity index is 2.36. The highest BCUT2D eigenvalue weighted by Gasteiger charge is 2.33. The zero-order valence-electron chi connectivity index (χ0n) is 9.98. The van der Waals surface area contributed by atoms with Gasteiger partial charge in [-0.25, -0.2) is 0 Å². The zero-order chi connectivity index (χ0) is 13.2. The van der Waals surface area contributed by atoms with E-state index in [-0.39, 0.29) is 17.2 Å². The molecule has 1 aromatic heterocycles. The van der Waals surface area contributed by atoms with Crippen molar-refractivity contribution in [2.24, 2.45) is 5.73 Å². The molecule has 2 N–H and O–H groups in total. The first-order valence-electron chi connectivity index (χ1n) is 5.66. The lowest BCUT2D eigenvalue weighted by atomic mass is 9.99. The quantitative estimate of drug-likeness (QED) is 0.905. The second-order valence-corrected chi connectivity index (χ2v) is 4.22. The molecule has 0 fully saturated rings. The summed E-state index contributed by atoms with van der Waals surface area (Å²) >= 11 is 0. The van der Waals surface area contributed by atoms with Gasteiger partial charge in [0.25, 0.3) is 5.92 Å². The van der Waals surface area contributed by atoms with Gasteiger partial charge in [-0.1, -0.05) is 24.3 Å². The van der Waals surface area contributed by atoms with Crippen LogP contribution < -0.4 is 5.73 Å². The molecule has 4 heteroatoms. The first kappa shape index (κ1) is 12.6. The van der Waals surface area contributed by atoms with E-state index in [9.17, 15) is 8.78 Å². The van der Waals surface area contributed by atoms with Crippen LogP contribution in [-0.4, -0.2) is 4.98 Å². The van der Waals surface area contributed by atoms with Gasteiger partial charge in [0.15, 0.2) is 0 Å². The Bertz CT molecular complexity index is 507. The first-order chi connectivity index (χ1) is 8.51. The minimum absolute atomic E-state index is 0.0434. The summed E-state index contributed by atoms with van der Waals surface area (Å²) in [5.41, 5.74) is 6.42. The molecule has 1 aromatic carbocycles. The Hall–Kier alpha value is -1.81. The first-order valence-corrected chi connectivity index (χ1v) is 5.66. The molecule has 0 aliphatic rings. The van der Waals surface area contributed by atoms with Crippen molar-refractivity contribution >= 4 is 0 Å². The molecule has 0 saturated carbocycles. The van der Waals surface area contributed by atoms with Gasteiger partial charge in [0.05, 0.1) is 0 Å². The highest BCUT2D eigenvalue weighted by molar-refractivity contribution is 5.34. The van der Waals surface area contributed by atoms with E-state index in [2.05, 4.69) is 4.98 Å². The van der Waals surface area contributed by atoms with Crippen LogP contribution in [0.2, 0.25) is 0 Å². The van der Waals surface area contributed by atoms with E-state index in [0.29, 0.717) is 0 Å². The van der Waals surface area contributed by atoms with Crippen molar-refractivity contribution in [1.29, 1.82) is 0 Å².